The average Bonchev–Trinajstić information content (AvgIpc) is 3.28. The van der Waals surface area contributed by atoms with Gasteiger partial charge in [0.1, 0.15) is 5.60 Å². The van der Waals surface area contributed by atoms with Crippen LogP contribution in [0.2, 0.25) is 0 Å². The molecule has 0 aliphatic carbocycles. The van der Waals surface area contributed by atoms with Crippen LogP contribution in [0.5, 0.6) is 0 Å². The lowest BCUT2D eigenvalue weighted by atomic mass is 10.0. The van der Waals surface area contributed by atoms with E-state index in [-0.39, 0.29) is 30.1 Å². The Labute approximate surface area is 204 Å². The van der Waals surface area contributed by atoms with Crippen molar-refractivity contribution in [2.24, 2.45) is 18.0 Å². The summed E-state index contributed by atoms with van der Waals surface area (Å²) in [6, 6.07) is 0. The van der Waals surface area contributed by atoms with Crippen molar-refractivity contribution < 1.29 is 9.53 Å². The van der Waals surface area contributed by atoms with Crippen molar-refractivity contribution in [3.63, 3.8) is 0 Å². The van der Waals surface area contributed by atoms with Crippen LogP contribution in [0.4, 0.5) is 4.79 Å². The number of rotatable bonds is 8. The summed E-state index contributed by atoms with van der Waals surface area (Å²) in [5.41, 5.74) is 0.805. The van der Waals surface area contributed by atoms with E-state index in [1.807, 2.05) is 38.7 Å². The molecule has 1 fully saturated rings. The van der Waals surface area contributed by atoms with Crippen molar-refractivity contribution in [1.29, 1.82) is 0 Å². The number of guanidine groups is 1. The molecule has 1 amide bonds. The Balaban J connectivity index is 0.00000480. The van der Waals surface area contributed by atoms with Gasteiger partial charge >= 0.3 is 6.09 Å². The molecule has 1 aliphatic heterocycles. The van der Waals surface area contributed by atoms with Crippen LogP contribution in [0.15, 0.2) is 17.4 Å². The lowest BCUT2D eigenvalue weighted by Gasteiger charge is -2.27. The second-order valence-corrected chi connectivity index (χ2v) is 9.03. The molecular weight excluding hydrogens is 507 g/mol. The number of likely N-dealkylation sites (tertiary alicyclic amines) is 1. The molecule has 0 aromatic carbocycles. The summed E-state index contributed by atoms with van der Waals surface area (Å²) >= 11 is 0. The van der Waals surface area contributed by atoms with Crippen LogP contribution in [-0.2, 0) is 18.2 Å². The fraction of sp³-hybridized carbons (Fsp3) is 0.773. The van der Waals surface area contributed by atoms with Crippen LogP contribution in [0.3, 0.4) is 0 Å². The Morgan fingerprint density at radius 3 is 2.68 bits per heavy atom. The highest BCUT2D eigenvalue weighted by Crippen LogP contribution is 2.20. The summed E-state index contributed by atoms with van der Waals surface area (Å²) in [6.07, 6.45) is 6.89. The summed E-state index contributed by atoms with van der Waals surface area (Å²) in [7, 11) is 1.96. The summed E-state index contributed by atoms with van der Waals surface area (Å²) in [6.45, 7) is 14.5. The van der Waals surface area contributed by atoms with Crippen molar-refractivity contribution in [1.82, 2.24) is 24.9 Å². The summed E-state index contributed by atoms with van der Waals surface area (Å²) in [4.78, 5) is 21.3. The number of halogens is 1. The Morgan fingerprint density at radius 1 is 1.35 bits per heavy atom. The number of hydrogen-bond donors (Lipinski definition) is 1. The van der Waals surface area contributed by atoms with Crippen molar-refractivity contribution in [3.05, 3.63) is 18.0 Å². The molecule has 2 heterocycles. The van der Waals surface area contributed by atoms with Gasteiger partial charge in [0.25, 0.3) is 0 Å². The van der Waals surface area contributed by atoms with Gasteiger partial charge in [-0.25, -0.2) is 4.79 Å². The molecule has 1 N–H and O–H groups in total. The molecule has 9 heteroatoms. The van der Waals surface area contributed by atoms with Crippen LogP contribution in [-0.4, -0.2) is 76.5 Å². The van der Waals surface area contributed by atoms with Crippen LogP contribution < -0.4 is 5.32 Å². The maximum absolute atomic E-state index is 12.4. The zero-order valence-corrected chi connectivity index (χ0v) is 22.4. The van der Waals surface area contributed by atoms with Crippen molar-refractivity contribution in [2.45, 2.75) is 59.5 Å². The first-order valence-electron chi connectivity index (χ1n) is 11.2. The van der Waals surface area contributed by atoms with Gasteiger partial charge in [-0.2, -0.15) is 5.10 Å². The first kappa shape index (κ1) is 27.5. The standard InChI is InChI=1S/C22H40N6O2.HI/c1-7-11-27(21(29)30-22(3,4)5)13-10-24-20(23-8-2)28-12-9-18(17-28)14-19-15-25-26(6)16-19;/h15-16,18H,7-14,17H2,1-6H3,(H,23,24);1H. The van der Waals surface area contributed by atoms with E-state index in [1.54, 1.807) is 4.90 Å². The third kappa shape index (κ3) is 9.65. The number of ether oxygens (including phenoxy) is 1. The maximum Gasteiger partial charge on any atom is 0.410 e. The van der Waals surface area contributed by atoms with E-state index in [4.69, 9.17) is 9.73 Å². The topological polar surface area (TPSA) is 75.0 Å². The Morgan fingerprint density at radius 2 is 2.10 bits per heavy atom. The fourth-order valence-electron chi connectivity index (χ4n) is 3.70. The monoisotopic (exact) mass is 548 g/mol. The van der Waals surface area contributed by atoms with Gasteiger partial charge in [-0.1, -0.05) is 6.92 Å². The second kappa shape index (κ2) is 13.1. The summed E-state index contributed by atoms with van der Waals surface area (Å²) < 4.78 is 7.40. The highest BCUT2D eigenvalue weighted by atomic mass is 127. The number of aliphatic imine (C=N–C) groups is 1. The predicted molar refractivity (Wildman–Crippen MR) is 136 cm³/mol. The summed E-state index contributed by atoms with van der Waals surface area (Å²) in [5.74, 6) is 1.54. The molecule has 0 radical (unpaired) electrons. The van der Waals surface area contributed by atoms with Gasteiger partial charge in [-0.05, 0) is 58.4 Å². The minimum absolute atomic E-state index is 0. The number of aromatic nitrogens is 2. The Kier molecular flexibility index (Phi) is 11.6. The molecule has 31 heavy (non-hydrogen) atoms. The zero-order valence-electron chi connectivity index (χ0n) is 20.1. The van der Waals surface area contributed by atoms with Gasteiger partial charge in [0.2, 0.25) is 0 Å². The number of carbonyl (C=O) groups excluding carboxylic acids is 1. The molecular formula is C22H41IN6O2. The van der Waals surface area contributed by atoms with Gasteiger partial charge in [0.15, 0.2) is 5.96 Å². The molecule has 2 rings (SSSR count). The van der Waals surface area contributed by atoms with E-state index >= 15 is 0 Å². The molecule has 178 valence electrons. The number of nitrogens with one attached hydrogen (secondary N) is 1. The molecule has 8 nitrogen and oxygen atoms in total. The van der Waals surface area contributed by atoms with Crippen LogP contribution >= 0.6 is 24.0 Å². The SMILES string of the molecule is CCCN(CCN=C(NCC)N1CCC(Cc2cnn(C)c2)C1)C(=O)OC(C)(C)C.I. The molecule has 1 aromatic heterocycles. The minimum Gasteiger partial charge on any atom is -0.444 e. The van der Waals surface area contributed by atoms with Crippen LogP contribution in [0.1, 0.15) is 53.0 Å². The van der Waals surface area contributed by atoms with Gasteiger partial charge in [-0.15, -0.1) is 24.0 Å². The average molecular weight is 549 g/mol. The third-order valence-electron chi connectivity index (χ3n) is 4.98. The molecule has 0 spiro atoms. The highest BCUT2D eigenvalue weighted by molar-refractivity contribution is 14.0. The minimum atomic E-state index is -0.486. The Hall–Kier alpha value is -1.52. The molecule has 0 saturated carbocycles. The second-order valence-electron chi connectivity index (χ2n) is 9.03. The number of nitrogens with zero attached hydrogens (tertiary/aromatic N) is 5. The molecule has 1 aromatic rings. The van der Waals surface area contributed by atoms with Gasteiger partial charge < -0.3 is 19.9 Å². The largest absolute Gasteiger partial charge is 0.444 e. The van der Waals surface area contributed by atoms with E-state index in [1.165, 1.54) is 5.56 Å². The first-order valence-corrected chi connectivity index (χ1v) is 11.2. The molecule has 1 saturated heterocycles. The van der Waals surface area contributed by atoms with E-state index in [9.17, 15) is 4.79 Å². The number of carbonyl (C=O) groups is 1. The van der Waals surface area contributed by atoms with Crippen molar-refractivity contribution >= 4 is 36.0 Å². The fourth-order valence-corrected chi connectivity index (χ4v) is 3.70. The lowest BCUT2D eigenvalue weighted by Crippen LogP contribution is -2.42. The maximum atomic E-state index is 12.4. The van der Waals surface area contributed by atoms with Crippen LogP contribution in [0, 0.1) is 5.92 Å². The molecule has 1 atom stereocenters. The first-order chi connectivity index (χ1) is 14.2. The van der Waals surface area contributed by atoms with Crippen LogP contribution in [0.25, 0.3) is 0 Å². The summed E-state index contributed by atoms with van der Waals surface area (Å²) in [5, 5.41) is 7.69. The van der Waals surface area contributed by atoms with E-state index in [0.29, 0.717) is 25.6 Å². The van der Waals surface area contributed by atoms with E-state index < -0.39 is 5.60 Å². The number of aryl methyl sites for hydroxylation is 1. The highest BCUT2D eigenvalue weighted by Gasteiger charge is 2.26. The molecule has 1 aliphatic rings. The molecule has 1 unspecified atom stereocenters. The Bertz CT molecular complexity index is 700. The number of hydrogen-bond acceptors (Lipinski definition) is 4. The van der Waals surface area contributed by atoms with Crippen molar-refractivity contribution in [2.75, 3.05) is 39.3 Å². The van der Waals surface area contributed by atoms with Gasteiger partial charge in [-0.3, -0.25) is 9.67 Å². The van der Waals surface area contributed by atoms with E-state index in [2.05, 4.69) is 35.4 Å². The van der Waals surface area contributed by atoms with Crippen molar-refractivity contribution in [3.8, 4) is 0 Å². The van der Waals surface area contributed by atoms with E-state index in [0.717, 1.165) is 44.9 Å². The van der Waals surface area contributed by atoms with Gasteiger partial charge in [0.05, 0.1) is 12.7 Å². The number of amides is 1. The zero-order chi connectivity index (χ0) is 22.1. The molecule has 0 bridgehead atoms. The smallest absolute Gasteiger partial charge is 0.410 e. The quantitative estimate of drug-likeness (QED) is 0.306. The normalized spacial score (nSPS) is 16.8. The van der Waals surface area contributed by atoms with Gasteiger partial charge in [0, 0.05) is 46.0 Å². The third-order valence-corrected chi connectivity index (χ3v) is 4.98. The lowest BCUT2D eigenvalue weighted by molar-refractivity contribution is 0.0256. The predicted octanol–water partition coefficient (Wildman–Crippen LogP) is 3.52.